The molecule has 0 saturated heterocycles. The molecule has 0 aromatic heterocycles. The zero-order chi connectivity index (χ0) is 13.3. The largest absolute Gasteiger partial charge is 0.265 e. The lowest BCUT2D eigenvalue weighted by molar-refractivity contribution is -0.424. The number of benzene rings is 1. The van der Waals surface area contributed by atoms with E-state index in [2.05, 4.69) is 0 Å². The molecule has 1 aromatic carbocycles. The van der Waals surface area contributed by atoms with Crippen LogP contribution in [0.5, 0.6) is 0 Å². The van der Waals surface area contributed by atoms with Crippen LogP contribution in [0.1, 0.15) is 12.5 Å². The van der Waals surface area contributed by atoms with Gasteiger partial charge in [0.25, 0.3) is 5.70 Å². The smallest absolute Gasteiger partial charge is 0.259 e. The summed E-state index contributed by atoms with van der Waals surface area (Å²) in [5.74, 6) is -0.523. The van der Waals surface area contributed by atoms with Crippen molar-refractivity contribution in [2.45, 2.75) is 6.92 Å². The van der Waals surface area contributed by atoms with Gasteiger partial charge in [-0.15, -0.1) is 0 Å². The van der Waals surface area contributed by atoms with E-state index in [0.717, 1.165) is 0 Å². The van der Waals surface area contributed by atoms with E-state index in [1.807, 2.05) is 6.07 Å². The van der Waals surface area contributed by atoms with Gasteiger partial charge in [0.1, 0.15) is 5.75 Å². The Bertz CT molecular complexity index is 657. The zero-order valence-electron chi connectivity index (χ0n) is 9.66. The van der Waals surface area contributed by atoms with Crippen LogP contribution < -0.4 is 0 Å². The van der Waals surface area contributed by atoms with Gasteiger partial charge in [0.2, 0.25) is 0 Å². The van der Waals surface area contributed by atoms with Gasteiger partial charge in [-0.2, -0.15) is 0 Å². The van der Waals surface area contributed by atoms with Crippen molar-refractivity contribution in [3.63, 3.8) is 0 Å². The van der Waals surface area contributed by atoms with E-state index in [1.165, 1.54) is 13.0 Å². The van der Waals surface area contributed by atoms with Crippen molar-refractivity contribution in [2.24, 2.45) is 0 Å². The first-order chi connectivity index (χ1) is 8.42. The van der Waals surface area contributed by atoms with Crippen LogP contribution in [0.25, 0.3) is 6.08 Å². The highest BCUT2D eigenvalue weighted by Gasteiger charge is 2.37. The van der Waals surface area contributed by atoms with Crippen LogP contribution in [0.3, 0.4) is 0 Å². The molecule has 1 aliphatic rings. The maximum absolute atomic E-state index is 11.9. The predicted molar refractivity (Wildman–Crippen MR) is 67.9 cm³/mol. The molecule has 0 amide bonds. The topological polar surface area (TPSA) is 77.3 Å². The second-order valence-corrected chi connectivity index (χ2v) is 5.97. The molecule has 94 valence electrons. The Morgan fingerprint density at radius 3 is 2.39 bits per heavy atom. The van der Waals surface area contributed by atoms with Gasteiger partial charge in [-0.1, -0.05) is 30.3 Å². The molecule has 0 radical (unpaired) electrons. The molecule has 0 atom stereocenters. The molecular formula is C12H11NO4S. The van der Waals surface area contributed by atoms with Gasteiger partial charge in [-0.25, -0.2) is 8.42 Å². The Labute approximate surface area is 105 Å². The number of sulfone groups is 1. The average molecular weight is 265 g/mol. The molecule has 0 aliphatic carbocycles. The highest BCUT2D eigenvalue weighted by Crippen LogP contribution is 2.32. The molecule has 0 spiro atoms. The summed E-state index contributed by atoms with van der Waals surface area (Å²) in [7, 11) is -3.58. The van der Waals surface area contributed by atoms with Crippen molar-refractivity contribution in [3.05, 3.63) is 62.2 Å². The molecule has 18 heavy (non-hydrogen) atoms. The van der Waals surface area contributed by atoms with Crippen molar-refractivity contribution in [1.29, 1.82) is 0 Å². The van der Waals surface area contributed by atoms with Crippen molar-refractivity contribution < 1.29 is 13.3 Å². The van der Waals surface area contributed by atoms with Crippen molar-refractivity contribution in [2.75, 3.05) is 5.75 Å². The third-order valence-corrected chi connectivity index (χ3v) is 4.53. The van der Waals surface area contributed by atoms with Crippen LogP contribution in [0.2, 0.25) is 0 Å². The first kappa shape index (κ1) is 12.5. The van der Waals surface area contributed by atoms with Crippen molar-refractivity contribution in [1.82, 2.24) is 0 Å². The molecule has 0 bridgehead atoms. The van der Waals surface area contributed by atoms with Crippen molar-refractivity contribution in [3.8, 4) is 0 Å². The molecule has 2 rings (SSSR count). The third-order valence-electron chi connectivity index (χ3n) is 2.78. The lowest BCUT2D eigenvalue weighted by Crippen LogP contribution is -2.06. The van der Waals surface area contributed by atoms with Gasteiger partial charge in [0.15, 0.2) is 9.84 Å². The highest BCUT2D eigenvalue weighted by molar-refractivity contribution is 7.96. The van der Waals surface area contributed by atoms with E-state index >= 15 is 0 Å². The molecule has 1 aliphatic heterocycles. The molecule has 0 saturated carbocycles. The Balaban J connectivity index is 2.56. The second-order valence-electron chi connectivity index (χ2n) is 4.01. The Morgan fingerprint density at radius 1 is 1.28 bits per heavy atom. The quantitative estimate of drug-likeness (QED) is 0.605. The van der Waals surface area contributed by atoms with Gasteiger partial charge in [-0.05, 0) is 18.6 Å². The lowest BCUT2D eigenvalue weighted by atomic mass is 10.1. The van der Waals surface area contributed by atoms with Gasteiger partial charge in [0, 0.05) is 5.57 Å². The average Bonchev–Trinajstić information content (AvgIpc) is 2.54. The Morgan fingerprint density at radius 2 is 1.89 bits per heavy atom. The first-order valence-corrected chi connectivity index (χ1v) is 6.91. The van der Waals surface area contributed by atoms with Crippen LogP contribution in [0.15, 0.2) is 46.5 Å². The summed E-state index contributed by atoms with van der Waals surface area (Å²) >= 11 is 0. The second kappa shape index (κ2) is 4.38. The van der Waals surface area contributed by atoms with Gasteiger partial charge in [0.05, 0.1) is 9.83 Å². The fourth-order valence-corrected chi connectivity index (χ4v) is 3.57. The number of rotatable bonds is 2. The van der Waals surface area contributed by atoms with Crippen LogP contribution >= 0.6 is 0 Å². The minimum absolute atomic E-state index is 0.0420. The van der Waals surface area contributed by atoms with E-state index in [4.69, 9.17) is 0 Å². The summed E-state index contributed by atoms with van der Waals surface area (Å²) in [5, 5.41) is 10.8. The summed E-state index contributed by atoms with van der Waals surface area (Å²) in [4.78, 5) is 10.2. The molecule has 1 aromatic rings. The summed E-state index contributed by atoms with van der Waals surface area (Å²) in [6.07, 6.45) is 1.47. The SMILES string of the molecule is CC1=C([N+](=O)[O-])CS(=O)(=O)/C1=C\c1ccccc1. The number of hydrogen-bond donors (Lipinski definition) is 0. The minimum Gasteiger partial charge on any atom is -0.259 e. The Hall–Kier alpha value is -1.95. The summed E-state index contributed by atoms with van der Waals surface area (Å²) < 4.78 is 23.8. The summed E-state index contributed by atoms with van der Waals surface area (Å²) in [6.45, 7) is 1.47. The van der Waals surface area contributed by atoms with Crippen LogP contribution in [-0.2, 0) is 9.84 Å². The number of hydrogen-bond acceptors (Lipinski definition) is 4. The van der Waals surface area contributed by atoms with E-state index in [9.17, 15) is 18.5 Å². The van der Waals surface area contributed by atoms with E-state index in [-0.39, 0.29) is 16.2 Å². The van der Waals surface area contributed by atoms with Gasteiger partial charge < -0.3 is 0 Å². The fraction of sp³-hybridized carbons (Fsp3) is 0.167. The normalized spacial score (nSPS) is 20.4. The van der Waals surface area contributed by atoms with Crippen LogP contribution in [0.4, 0.5) is 0 Å². The van der Waals surface area contributed by atoms with Gasteiger partial charge in [-0.3, -0.25) is 10.1 Å². The summed E-state index contributed by atoms with van der Waals surface area (Å²) in [6, 6.07) is 8.87. The van der Waals surface area contributed by atoms with Crippen LogP contribution in [0, 0.1) is 10.1 Å². The highest BCUT2D eigenvalue weighted by atomic mass is 32.2. The lowest BCUT2D eigenvalue weighted by Gasteiger charge is -1.99. The molecule has 5 nitrogen and oxygen atoms in total. The Kier molecular flexibility index (Phi) is 3.04. The van der Waals surface area contributed by atoms with E-state index < -0.39 is 20.5 Å². The molecule has 6 heteroatoms. The monoisotopic (exact) mass is 265 g/mol. The standard InChI is InChI=1S/C12H11NO4S/c1-9-11(13(14)15)8-18(16,17)12(9)7-10-5-3-2-4-6-10/h2-7H,8H2,1H3/b12-7-. The molecule has 0 unspecified atom stereocenters. The number of nitro groups is 1. The number of nitrogens with zero attached hydrogens (tertiary/aromatic N) is 1. The third kappa shape index (κ3) is 2.19. The van der Waals surface area contributed by atoms with Gasteiger partial charge >= 0.3 is 0 Å². The van der Waals surface area contributed by atoms with Crippen LogP contribution in [-0.4, -0.2) is 19.1 Å². The van der Waals surface area contributed by atoms with E-state index in [0.29, 0.717) is 5.56 Å². The molecule has 0 N–H and O–H groups in total. The molecular weight excluding hydrogens is 254 g/mol. The minimum atomic E-state index is -3.58. The summed E-state index contributed by atoms with van der Waals surface area (Å²) in [5.41, 5.74) is 0.695. The maximum Gasteiger partial charge on any atom is 0.265 e. The molecule has 0 fully saturated rings. The fourth-order valence-electron chi connectivity index (χ4n) is 1.83. The zero-order valence-corrected chi connectivity index (χ0v) is 10.5. The van der Waals surface area contributed by atoms with Crippen molar-refractivity contribution >= 4 is 15.9 Å². The maximum atomic E-state index is 11.9. The number of allylic oxidation sites excluding steroid dienone is 1. The molecule has 1 heterocycles. The predicted octanol–water partition coefficient (Wildman–Crippen LogP) is 2.01. The first-order valence-electron chi connectivity index (χ1n) is 5.26. The van der Waals surface area contributed by atoms with E-state index in [1.54, 1.807) is 24.3 Å².